The number of aromatic nitrogens is 3. The fourth-order valence-electron chi connectivity index (χ4n) is 3.63. The van der Waals surface area contributed by atoms with Gasteiger partial charge in [-0.25, -0.2) is 4.68 Å². The smallest absolute Gasteiger partial charge is 0.231 e. The van der Waals surface area contributed by atoms with E-state index in [1.54, 1.807) is 18.9 Å². The van der Waals surface area contributed by atoms with Crippen molar-refractivity contribution in [3.05, 3.63) is 71.0 Å². The van der Waals surface area contributed by atoms with Gasteiger partial charge in [0.1, 0.15) is 12.1 Å². The predicted molar refractivity (Wildman–Crippen MR) is 103 cm³/mol. The molecule has 2 heterocycles. The van der Waals surface area contributed by atoms with Crippen LogP contribution in [0.4, 0.5) is 5.95 Å². The van der Waals surface area contributed by atoms with Gasteiger partial charge < -0.3 is 4.74 Å². The maximum atomic E-state index is 12.4. The number of carbonyl (C=O) groups excluding carboxylic acids is 1. The summed E-state index contributed by atoms with van der Waals surface area (Å²) in [4.78, 5) is 18.5. The summed E-state index contributed by atoms with van der Waals surface area (Å²) in [6.07, 6.45) is 2.18. The highest BCUT2D eigenvalue weighted by Gasteiger charge is 2.38. The first kappa shape index (κ1) is 17.5. The minimum Gasteiger partial charge on any atom is -0.497 e. The molecule has 27 heavy (non-hydrogen) atoms. The molecule has 1 aliphatic rings. The average Bonchev–Trinajstić information content (AvgIpc) is 3.16. The first-order chi connectivity index (χ1) is 13.1. The number of anilines is 1. The molecular weight excluding hydrogens is 364 g/mol. The van der Waals surface area contributed by atoms with Gasteiger partial charge in [-0.3, -0.25) is 9.69 Å². The molecule has 0 unspecified atom stereocenters. The lowest BCUT2D eigenvalue weighted by atomic mass is 9.92. The number of benzene rings is 2. The number of hydrogen-bond donors (Lipinski definition) is 0. The van der Waals surface area contributed by atoms with Crippen molar-refractivity contribution < 1.29 is 9.53 Å². The van der Waals surface area contributed by atoms with E-state index < -0.39 is 0 Å². The topological polar surface area (TPSA) is 60.2 Å². The van der Waals surface area contributed by atoms with Gasteiger partial charge >= 0.3 is 0 Å². The molecule has 3 aromatic rings. The van der Waals surface area contributed by atoms with E-state index in [-0.39, 0.29) is 18.0 Å². The minimum absolute atomic E-state index is 0.0373. The van der Waals surface area contributed by atoms with Crippen molar-refractivity contribution in [1.82, 2.24) is 14.8 Å². The zero-order valence-corrected chi connectivity index (χ0v) is 15.8. The minimum atomic E-state index is -0.149. The number of fused-ring (bicyclic) bond motifs is 1. The van der Waals surface area contributed by atoms with Gasteiger partial charge in [0, 0.05) is 11.9 Å². The SMILES string of the molecule is COc1ccc([C@@H]2C[C@H](c3ccc(Cl)cc3)N(C(C)=O)c3ncnn32)cc1. The summed E-state index contributed by atoms with van der Waals surface area (Å²) < 4.78 is 7.08. The Labute approximate surface area is 162 Å². The van der Waals surface area contributed by atoms with E-state index in [0.717, 1.165) is 16.9 Å². The zero-order valence-electron chi connectivity index (χ0n) is 15.0. The molecule has 4 rings (SSSR count). The van der Waals surface area contributed by atoms with Crippen LogP contribution in [-0.2, 0) is 4.79 Å². The van der Waals surface area contributed by atoms with E-state index in [1.807, 2.05) is 53.2 Å². The van der Waals surface area contributed by atoms with Gasteiger partial charge in [0.2, 0.25) is 11.9 Å². The zero-order chi connectivity index (χ0) is 19.0. The van der Waals surface area contributed by atoms with Crippen LogP contribution in [0.1, 0.15) is 36.6 Å². The maximum Gasteiger partial charge on any atom is 0.231 e. The fraction of sp³-hybridized carbons (Fsp3) is 0.250. The summed E-state index contributed by atoms with van der Waals surface area (Å²) in [5.41, 5.74) is 2.10. The lowest BCUT2D eigenvalue weighted by Gasteiger charge is -2.38. The summed E-state index contributed by atoms with van der Waals surface area (Å²) in [6, 6.07) is 15.3. The number of halogens is 1. The number of ether oxygens (including phenoxy) is 1. The van der Waals surface area contributed by atoms with Crippen molar-refractivity contribution in [1.29, 1.82) is 0 Å². The summed E-state index contributed by atoms with van der Waals surface area (Å²) >= 11 is 6.05. The van der Waals surface area contributed by atoms with Crippen LogP contribution in [0.2, 0.25) is 5.02 Å². The number of hydrogen-bond acceptors (Lipinski definition) is 4. The van der Waals surface area contributed by atoms with Gasteiger partial charge in [-0.15, -0.1) is 0 Å². The molecule has 0 radical (unpaired) electrons. The Hall–Kier alpha value is -2.86. The highest BCUT2D eigenvalue weighted by molar-refractivity contribution is 6.30. The molecule has 2 aromatic carbocycles. The lowest BCUT2D eigenvalue weighted by molar-refractivity contribution is -0.117. The van der Waals surface area contributed by atoms with Gasteiger partial charge in [0.15, 0.2) is 0 Å². The Morgan fingerprint density at radius 3 is 2.33 bits per heavy atom. The molecule has 0 saturated carbocycles. The van der Waals surface area contributed by atoms with Crippen LogP contribution in [0, 0.1) is 0 Å². The van der Waals surface area contributed by atoms with E-state index in [4.69, 9.17) is 16.3 Å². The lowest BCUT2D eigenvalue weighted by Crippen LogP contribution is -2.41. The molecule has 0 saturated heterocycles. The van der Waals surface area contributed by atoms with E-state index in [2.05, 4.69) is 10.1 Å². The standard InChI is InChI=1S/C20H19ClN4O2/c1-13(26)24-18(14-3-7-16(21)8-4-14)11-19(25-20(24)22-12-23-25)15-5-9-17(27-2)10-6-15/h3-10,12,18-19H,11H2,1-2H3/t18-,19+/m1/s1. The quantitative estimate of drug-likeness (QED) is 0.686. The average molecular weight is 383 g/mol. The second-order valence-electron chi connectivity index (χ2n) is 6.49. The molecule has 1 aliphatic heterocycles. The highest BCUT2D eigenvalue weighted by atomic mass is 35.5. The van der Waals surface area contributed by atoms with Gasteiger partial charge in [-0.2, -0.15) is 10.1 Å². The van der Waals surface area contributed by atoms with Gasteiger partial charge in [-0.05, 0) is 41.8 Å². The molecule has 0 fully saturated rings. The first-order valence-electron chi connectivity index (χ1n) is 8.67. The number of amides is 1. The Bertz CT molecular complexity index is 953. The van der Waals surface area contributed by atoms with Crippen LogP contribution in [0.15, 0.2) is 54.9 Å². The van der Waals surface area contributed by atoms with Crippen LogP contribution >= 0.6 is 11.6 Å². The molecule has 0 spiro atoms. The monoisotopic (exact) mass is 382 g/mol. The molecule has 2 atom stereocenters. The van der Waals surface area contributed by atoms with Crippen molar-refractivity contribution >= 4 is 23.5 Å². The largest absolute Gasteiger partial charge is 0.497 e. The Morgan fingerprint density at radius 1 is 1.07 bits per heavy atom. The molecule has 7 heteroatoms. The normalized spacial score (nSPS) is 18.9. The first-order valence-corrected chi connectivity index (χ1v) is 9.05. The van der Waals surface area contributed by atoms with Crippen molar-refractivity contribution in [3.63, 3.8) is 0 Å². The van der Waals surface area contributed by atoms with Crippen LogP contribution in [-0.4, -0.2) is 27.8 Å². The van der Waals surface area contributed by atoms with E-state index in [1.165, 1.54) is 6.33 Å². The Kier molecular flexibility index (Phi) is 4.58. The Balaban J connectivity index is 1.80. The molecule has 6 nitrogen and oxygen atoms in total. The molecule has 1 amide bonds. The summed E-state index contributed by atoms with van der Waals surface area (Å²) in [5, 5.41) is 5.06. The number of methoxy groups -OCH3 is 1. The number of carbonyl (C=O) groups is 1. The predicted octanol–water partition coefficient (Wildman–Crippen LogP) is 4.03. The third-order valence-electron chi connectivity index (χ3n) is 4.92. The highest BCUT2D eigenvalue weighted by Crippen LogP contribution is 2.42. The van der Waals surface area contributed by atoms with Gasteiger partial charge in [0.25, 0.3) is 0 Å². The van der Waals surface area contributed by atoms with E-state index in [9.17, 15) is 4.79 Å². The van der Waals surface area contributed by atoms with Crippen LogP contribution in [0.25, 0.3) is 0 Å². The van der Waals surface area contributed by atoms with Crippen molar-refractivity contribution in [2.45, 2.75) is 25.4 Å². The van der Waals surface area contributed by atoms with E-state index >= 15 is 0 Å². The second-order valence-corrected chi connectivity index (χ2v) is 6.92. The van der Waals surface area contributed by atoms with E-state index in [0.29, 0.717) is 17.4 Å². The Morgan fingerprint density at radius 2 is 1.70 bits per heavy atom. The third-order valence-corrected chi connectivity index (χ3v) is 5.17. The van der Waals surface area contributed by atoms with Crippen molar-refractivity contribution in [2.75, 3.05) is 12.0 Å². The fourth-order valence-corrected chi connectivity index (χ4v) is 3.75. The number of rotatable bonds is 3. The molecule has 0 bridgehead atoms. The summed E-state index contributed by atoms with van der Waals surface area (Å²) in [6.45, 7) is 1.55. The number of nitrogens with zero attached hydrogens (tertiary/aromatic N) is 4. The third kappa shape index (κ3) is 3.17. The maximum absolute atomic E-state index is 12.4. The second kappa shape index (κ2) is 7.04. The molecule has 0 aliphatic carbocycles. The van der Waals surface area contributed by atoms with Crippen molar-refractivity contribution in [2.24, 2.45) is 0 Å². The molecule has 138 valence electrons. The van der Waals surface area contributed by atoms with Crippen LogP contribution in [0.3, 0.4) is 0 Å². The van der Waals surface area contributed by atoms with Gasteiger partial charge in [-0.1, -0.05) is 35.9 Å². The van der Waals surface area contributed by atoms with Crippen molar-refractivity contribution in [3.8, 4) is 5.75 Å². The molecular formula is C20H19ClN4O2. The molecule has 1 aromatic heterocycles. The van der Waals surface area contributed by atoms with Crippen LogP contribution < -0.4 is 9.64 Å². The molecule has 0 N–H and O–H groups in total. The summed E-state index contributed by atoms with van der Waals surface area (Å²) in [5.74, 6) is 1.28. The van der Waals surface area contributed by atoms with Gasteiger partial charge in [0.05, 0.1) is 19.2 Å². The summed E-state index contributed by atoms with van der Waals surface area (Å²) in [7, 11) is 1.65. The van der Waals surface area contributed by atoms with Crippen LogP contribution in [0.5, 0.6) is 5.75 Å².